The maximum Gasteiger partial charge on any atom is 0.329 e. The molecule has 0 heterocycles. The van der Waals surface area contributed by atoms with Crippen LogP contribution in [0.2, 0.25) is 0 Å². The van der Waals surface area contributed by atoms with Crippen LogP contribution < -0.4 is 0 Å². The van der Waals surface area contributed by atoms with E-state index in [1.807, 2.05) is 13.8 Å². The second-order valence-electron chi connectivity index (χ2n) is 5.36. The average Bonchev–Trinajstić information content (AvgIpc) is 2.07. The Morgan fingerprint density at radius 1 is 1.38 bits per heavy atom. The zero-order valence-corrected chi connectivity index (χ0v) is 10.4. The minimum Gasteiger partial charge on any atom is -0.479 e. The highest BCUT2D eigenvalue weighted by molar-refractivity contribution is 5.83. The number of carboxylic acids is 1. The molecule has 1 amide bonds. The number of carboxylic acid groups (broad SMARTS) is 1. The number of aliphatic carboxylic acids is 1. The summed E-state index contributed by atoms with van der Waals surface area (Å²) < 4.78 is 0. The van der Waals surface area contributed by atoms with Gasteiger partial charge in [0.25, 0.3) is 0 Å². The van der Waals surface area contributed by atoms with Crippen molar-refractivity contribution in [2.45, 2.75) is 52.1 Å². The van der Waals surface area contributed by atoms with Crippen LogP contribution in [-0.2, 0) is 9.59 Å². The van der Waals surface area contributed by atoms with E-state index in [1.165, 1.54) is 4.90 Å². The number of carbonyl (C=O) groups excluding carboxylic acids is 1. The van der Waals surface area contributed by atoms with E-state index in [0.29, 0.717) is 31.1 Å². The Labute approximate surface area is 96.6 Å². The van der Waals surface area contributed by atoms with E-state index in [4.69, 9.17) is 0 Å². The highest BCUT2D eigenvalue weighted by Crippen LogP contribution is 2.46. The lowest BCUT2D eigenvalue weighted by Gasteiger charge is -2.52. The summed E-state index contributed by atoms with van der Waals surface area (Å²) in [4.78, 5) is 23.9. The standard InChI is InChI=1S/C12H21NO3/c1-8(2)10-5-12(6-10,11(15)16)13(7-14)9(3)4/h7-10H,5-6H2,1-4H3,(H,15,16). The summed E-state index contributed by atoms with van der Waals surface area (Å²) in [5.41, 5.74) is -0.954. The zero-order chi connectivity index (χ0) is 12.5. The fourth-order valence-electron chi connectivity index (χ4n) is 2.49. The van der Waals surface area contributed by atoms with Crippen LogP contribution in [0.3, 0.4) is 0 Å². The number of hydrogen-bond acceptors (Lipinski definition) is 2. The normalized spacial score (nSPS) is 29.0. The molecule has 1 aliphatic rings. The molecule has 1 fully saturated rings. The van der Waals surface area contributed by atoms with E-state index in [-0.39, 0.29) is 6.04 Å². The highest BCUT2D eigenvalue weighted by Gasteiger charge is 2.55. The van der Waals surface area contributed by atoms with E-state index >= 15 is 0 Å². The summed E-state index contributed by atoms with van der Waals surface area (Å²) in [6, 6.07) is -0.0679. The first-order valence-electron chi connectivity index (χ1n) is 5.82. The van der Waals surface area contributed by atoms with Gasteiger partial charge in [0.1, 0.15) is 5.54 Å². The second kappa shape index (κ2) is 4.44. The summed E-state index contributed by atoms with van der Waals surface area (Å²) in [5, 5.41) is 9.33. The third kappa shape index (κ3) is 1.93. The van der Waals surface area contributed by atoms with Crippen molar-refractivity contribution in [2.24, 2.45) is 11.8 Å². The Morgan fingerprint density at radius 2 is 1.88 bits per heavy atom. The Hall–Kier alpha value is -1.06. The summed E-state index contributed by atoms with van der Waals surface area (Å²) in [6.45, 7) is 7.89. The quantitative estimate of drug-likeness (QED) is 0.728. The maximum atomic E-state index is 11.4. The van der Waals surface area contributed by atoms with E-state index < -0.39 is 11.5 Å². The summed E-state index contributed by atoms with van der Waals surface area (Å²) in [5.74, 6) is 0.0237. The monoisotopic (exact) mass is 227 g/mol. The van der Waals surface area contributed by atoms with Gasteiger partial charge in [-0.15, -0.1) is 0 Å². The molecule has 0 aromatic rings. The minimum absolute atomic E-state index is 0.0679. The maximum absolute atomic E-state index is 11.4. The Bertz CT molecular complexity index is 280. The Morgan fingerprint density at radius 3 is 2.12 bits per heavy atom. The van der Waals surface area contributed by atoms with Crippen molar-refractivity contribution < 1.29 is 14.7 Å². The predicted octanol–water partition coefficient (Wildman–Crippen LogP) is 1.74. The first-order chi connectivity index (χ1) is 7.35. The van der Waals surface area contributed by atoms with Gasteiger partial charge in [0.2, 0.25) is 6.41 Å². The molecule has 0 atom stereocenters. The van der Waals surface area contributed by atoms with Gasteiger partial charge in [-0.25, -0.2) is 4.79 Å². The van der Waals surface area contributed by atoms with E-state index in [1.54, 1.807) is 0 Å². The fourth-order valence-corrected chi connectivity index (χ4v) is 2.49. The molecular formula is C12H21NO3. The van der Waals surface area contributed by atoms with E-state index in [0.717, 1.165) is 0 Å². The second-order valence-corrected chi connectivity index (χ2v) is 5.36. The van der Waals surface area contributed by atoms with Crippen LogP contribution in [0.1, 0.15) is 40.5 Å². The van der Waals surface area contributed by atoms with Crippen LogP contribution in [0.4, 0.5) is 0 Å². The van der Waals surface area contributed by atoms with Gasteiger partial charge < -0.3 is 10.0 Å². The van der Waals surface area contributed by atoms with Gasteiger partial charge in [-0.1, -0.05) is 13.8 Å². The largest absolute Gasteiger partial charge is 0.479 e. The van der Waals surface area contributed by atoms with Gasteiger partial charge in [-0.2, -0.15) is 0 Å². The van der Waals surface area contributed by atoms with Crippen molar-refractivity contribution in [3.8, 4) is 0 Å². The molecule has 4 nitrogen and oxygen atoms in total. The molecule has 0 aromatic heterocycles. The average molecular weight is 227 g/mol. The van der Waals surface area contributed by atoms with Crippen LogP contribution in [0.5, 0.6) is 0 Å². The number of amides is 1. The van der Waals surface area contributed by atoms with Crippen LogP contribution in [-0.4, -0.2) is 34.0 Å². The third-order valence-corrected chi connectivity index (χ3v) is 3.70. The molecule has 0 unspecified atom stereocenters. The molecule has 0 radical (unpaired) electrons. The molecule has 0 aliphatic heterocycles. The molecule has 16 heavy (non-hydrogen) atoms. The van der Waals surface area contributed by atoms with Crippen LogP contribution in [0.15, 0.2) is 0 Å². The number of nitrogens with zero attached hydrogens (tertiary/aromatic N) is 1. The molecule has 1 saturated carbocycles. The molecule has 0 bridgehead atoms. The van der Waals surface area contributed by atoms with Crippen molar-refractivity contribution in [3.05, 3.63) is 0 Å². The molecule has 1 rings (SSSR count). The van der Waals surface area contributed by atoms with Gasteiger partial charge in [0, 0.05) is 6.04 Å². The molecule has 0 aromatic carbocycles. The first kappa shape index (κ1) is 13.0. The summed E-state index contributed by atoms with van der Waals surface area (Å²) in [6.07, 6.45) is 1.84. The fraction of sp³-hybridized carbons (Fsp3) is 0.833. The lowest BCUT2D eigenvalue weighted by atomic mass is 9.63. The highest BCUT2D eigenvalue weighted by atomic mass is 16.4. The topological polar surface area (TPSA) is 57.6 Å². The smallest absolute Gasteiger partial charge is 0.329 e. The van der Waals surface area contributed by atoms with Gasteiger partial charge in [-0.3, -0.25) is 4.79 Å². The van der Waals surface area contributed by atoms with Crippen LogP contribution in [0.25, 0.3) is 0 Å². The molecule has 4 heteroatoms. The lowest BCUT2D eigenvalue weighted by Crippen LogP contribution is -2.64. The zero-order valence-electron chi connectivity index (χ0n) is 10.4. The van der Waals surface area contributed by atoms with E-state index in [2.05, 4.69) is 13.8 Å². The molecule has 0 spiro atoms. The van der Waals surface area contributed by atoms with Crippen molar-refractivity contribution in [1.82, 2.24) is 4.90 Å². The number of carbonyl (C=O) groups is 2. The van der Waals surface area contributed by atoms with Gasteiger partial charge >= 0.3 is 5.97 Å². The Balaban J connectivity index is 2.86. The van der Waals surface area contributed by atoms with Gasteiger partial charge in [-0.05, 0) is 38.5 Å². The van der Waals surface area contributed by atoms with Crippen molar-refractivity contribution in [3.63, 3.8) is 0 Å². The Kier molecular flexibility index (Phi) is 3.61. The van der Waals surface area contributed by atoms with Crippen LogP contribution in [0, 0.1) is 11.8 Å². The number of hydrogen-bond donors (Lipinski definition) is 1. The minimum atomic E-state index is -0.954. The summed E-state index contributed by atoms with van der Waals surface area (Å²) >= 11 is 0. The van der Waals surface area contributed by atoms with Gasteiger partial charge in [0.15, 0.2) is 0 Å². The SMILES string of the molecule is CC(C)C1CC(C(=O)O)(N(C=O)C(C)C)C1. The van der Waals surface area contributed by atoms with Gasteiger partial charge in [0.05, 0.1) is 0 Å². The third-order valence-electron chi connectivity index (χ3n) is 3.70. The van der Waals surface area contributed by atoms with Crippen molar-refractivity contribution in [2.75, 3.05) is 0 Å². The molecular weight excluding hydrogens is 206 g/mol. The molecule has 0 saturated heterocycles. The molecule has 92 valence electrons. The summed E-state index contributed by atoms with van der Waals surface area (Å²) in [7, 11) is 0. The van der Waals surface area contributed by atoms with Crippen molar-refractivity contribution >= 4 is 12.4 Å². The van der Waals surface area contributed by atoms with Crippen molar-refractivity contribution in [1.29, 1.82) is 0 Å². The molecule has 1 N–H and O–H groups in total. The number of rotatable bonds is 5. The van der Waals surface area contributed by atoms with Crippen LogP contribution >= 0.6 is 0 Å². The predicted molar refractivity (Wildman–Crippen MR) is 61.0 cm³/mol. The van der Waals surface area contributed by atoms with E-state index in [9.17, 15) is 14.7 Å². The lowest BCUT2D eigenvalue weighted by molar-refractivity contribution is -0.170. The first-order valence-corrected chi connectivity index (χ1v) is 5.82. The molecule has 1 aliphatic carbocycles.